The van der Waals surface area contributed by atoms with Crippen LogP contribution in [0, 0.1) is 0 Å². The first-order valence-corrected chi connectivity index (χ1v) is 6.28. The smallest absolute Gasteiger partial charge is 0.254 e. The van der Waals surface area contributed by atoms with E-state index in [1.165, 1.54) is 0 Å². The maximum atomic E-state index is 12.1. The van der Waals surface area contributed by atoms with Crippen LogP contribution >= 0.6 is 11.6 Å². The van der Waals surface area contributed by atoms with Crippen LogP contribution in [0.2, 0.25) is 5.02 Å². The molecule has 96 valence electrons. The largest absolute Gasteiger partial charge is 0.351 e. The van der Waals surface area contributed by atoms with Crippen molar-refractivity contribution in [3.8, 4) is 0 Å². The quantitative estimate of drug-likeness (QED) is 0.914. The Labute approximate surface area is 116 Å². The number of carbonyl (C=O) groups is 1. The normalized spacial score (nSPS) is 21.1. The van der Waals surface area contributed by atoms with Gasteiger partial charge in [-0.2, -0.15) is 0 Å². The second-order valence-corrected chi connectivity index (χ2v) is 4.83. The summed E-state index contributed by atoms with van der Waals surface area (Å²) in [5, 5.41) is 3.56. The zero-order valence-electron chi connectivity index (χ0n) is 10.3. The molecule has 0 bridgehead atoms. The van der Waals surface area contributed by atoms with Crippen molar-refractivity contribution in [1.29, 1.82) is 0 Å². The molecule has 1 amide bonds. The molecule has 2 aromatic rings. The summed E-state index contributed by atoms with van der Waals surface area (Å²) in [7, 11) is 1.58. The lowest BCUT2D eigenvalue weighted by atomic mass is 9.94. The number of hydrogen-bond acceptors (Lipinski definition) is 2. The van der Waals surface area contributed by atoms with E-state index in [0.29, 0.717) is 10.6 Å². The van der Waals surface area contributed by atoms with Crippen LogP contribution in [-0.2, 0) is 10.5 Å². The zero-order chi connectivity index (χ0) is 13.5. The molecule has 0 saturated carbocycles. The minimum Gasteiger partial charge on any atom is -0.351 e. The first kappa shape index (κ1) is 12.2. The average molecular weight is 274 g/mol. The lowest BCUT2D eigenvalue weighted by molar-refractivity contribution is 0.00335. The Hall–Kier alpha value is -1.84. The first-order valence-electron chi connectivity index (χ1n) is 5.90. The van der Waals surface area contributed by atoms with Crippen LogP contribution < -0.4 is 5.32 Å². The van der Waals surface area contributed by atoms with Gasteiger partial charge in [0.1, 0.15) is 0 Å². The molecule has 0 radical (unpaired) electrons. The number of rotatable bonds is 2. The van der Waals surface area contributed by atoms with Gasteiger partial charge in [-0.3, -0.25) is 4.79 Å². The van der Waals surface area contributed by atoms with Gasteiger partial charge in [-0.05, 0) is 18.2 Å². The molecule has 1 aliphatic heterocycles. The Morgan fingerprint density at radius 2 is 1.79 bits per heavy atom. The summed E-state index contributed by atoms with van der Waals surface area (Å²) in [6.45, 7) is 0. The number of methoxy groups -OCH3 is 1. The minimum absolute atomic E-state index is 0.132. The summed E-state index contributed by atoms with van der Waals surface area (Å²) in [4.78, 5) is 12.1. The number of carbonyl (C=O) groups excluding carboxylic acids is 1. The molecule has 19 heavy (non-hydrogen) atoms. The Bertz CT molecular complexity index is 639. The van der Waals surface area contributed by atoms with E-state index in [9.17, 15) is 4.79 Å². The maximum absolute atomic E-state index is 12.1. The van der Waals surface area contributed by atoms with Gasteiger partial charge in [0.25, 0.3) is 5.91 Å². The van der Waals surface area contributed by atoms with Crippen LogP contribution in [0.1, 0.15) is 21.5 Å². The van der Waals surface area contributed by atoms with E-state index in [1.807, 2.05) is 30.3 Å². The summed E-state index contributed by atoms with van der Waals surface area (Å²) >= 11 is 5.91. The van der Waals surface area contributed by atoms with Gasteiger partial charge in [-0.25, -0.2) is 0 Å². The summed E-state index contributed by atoms with van der Waals surface area (Å²) < 4.78 is 5.65. The third kappa shape index (κ3) is 1.74. The van der Waals surface area contributed by atoms with Crippen LogP contribution in [-0.4, -0.2) is 13.0 Å². The monoisotopic (exact) mass is 273 g/mol. The zero-order valence-corrected chi connectivity index (χ0v) is 11.1. The van der Waals surface area contributed by atoms with Crippen molar-refractivity contribution in [2.45, 2.75) is 5.72 Å². The highest BCUT2D eigenvalue weighted by Gasteiger charge is 2.44. The van der Waals surface area contributed by atoms with Crippen LogP contribution in [0.4, 0.5) is 0 Å². The van der Waals surface area contributed by atoms with Crippen molar-refractivity contribution in [3.05, 3.63) is 70.2 Å². The van der Waals surface area contributed by atoms with Gasteiger partial charge in [-0.1, -0.05) is 41.9 Å². The molecule has 0 aromatic heterocycles. The topological polar surface area (TPSA) is 38.3 Å². The number of halogens is 1. The summed E-state index contributed by atoms with van der Waals surface area (Å²) in [6.07, 6.45) is 0. The summed E-state index contributed by atoms with van der Waals surface area (Å²) in [5.74, 6) is -0.132. The molecule has 0 fully saturated rings. The number of ether oxygens (including phenoxy) is 1. The highest BCUT2D eigenvalue weighted by Crippen LogP contribution is 2.37. The van der Waals surface area contributed by atoms with Crippen molar-refractivity contribution in [1.82, 2.24) is 5.32 Å². The second-order valence-electron chi connectivity index (χ2n) is 4.39. The fourth-order valence-corrected chi connectivity index (χ4v) is 2.60. The van der Waals surface area contributed by atoms with E-state index in [-0.39, 0.29) is 5.91 Å². The van der Waals surface area contributed by atoms with Gasteiger partial charge < -0.3 is 10.1 Å². The fourth-order valence-electron chi connectivity index (χ4n) is 2.47. The standard InChI is InChI=1S/C15H12ClNO2/c1-19-15(10-6-8-11(16)9-7-10)13-5-3-2-4-12(13)14(18)17-15/h2-9H,1H3,(H,17,18). The number of fused-ring (bicyclic) bond motifs is 1. The van der Waals surface area contributed by atoms with Gasteiger partial charge in [0.15, 0.2) is 5.72 Å². The van der Waals surface area contributed by atoms with Crippen molar-refractivity contribution in [3.63, 3.8) is 0 Å². The lowest BCUT2D eigenvalue weighted by Gasteiger charge is -2.29. The lowest BCUT2D eigenvalue weighted by Crippen LogP contribution is -2.42. The maximum Gasteiger partial charge on any atom is 0.254 e. The highest BCUT2D eigenvalue weighted by atomic mass is 35.5. The number of hydrogen-bond donors (Lipinski definition) is 1. The molecular formula is C15H12ClNO2. The number of nitrogens with one attached hydrogen (secondary N) is 1. The predicted molar refractivity (Wildman–Crippen MR) is 73.1 cm³/mol. The van der Waals surface area contributed by atoms with Gasteiger partial charge in [0.2, 0.25) is 0 Å². The molecule has 0 spiro atoms. The van der Waals surface area contributed by atoms with Gasteiger partial charge >= 0.3 is 0 Å². The Balaban J connectivity index is 2.21. The van der Waals surface area contributed by atoms with E-state index >= 15 is 0 Å². The van der Waals surface area contributed by atoms with Crippen LogP contribution in [0.25, 0.3) is 0 Å². The van der Waals surface area contributed by atoms with E-state index in [0.717, 1.165) is 11.1 Å². The van der Waals surface area contributed by atoms with Crippen LogP contribution in [0.15, 0.2) is 48.5 Å². The molecule has 0 aliphatic carbocycles. The van der Waals surface area contributed by atoms with Crippen molar-refractivity contribution >= 4 is 17.5 Å². The third-order valence-corrected chi connectivity index (χ3v) is 3.65. The SMILES string of the molecule is COC1(c2ccc(Cl)cc2)NC(=O)c2ccccc21. The van der Waals surface area contributed by atoms with Crippen molar-refractivity contribution in [2.24, 2.45) is 0 Å². The highest BCUT2D eigenvalue weighted by molar-refractivity contribution is 6.30. The van der Waals surface area contributed by atoms with Gasteiger partial charge in [-0.15, -0.1) is 0 Å². The molecule has 4 heteroatoms. The molecule has 1 heterocycles. The molecule has 3 rings (SSSR count). The van der Waals surface area contributed by atoms with Gasteiger partial charge in [0, 0.05) is 28.8 Å². The fraction of sp³-hybridized carbons (Fsp3) is 0.133. The van der Waals surface area contributed by atoms with Gasteiger partial charge in [0.05, 0.1) is 0 Å². The summed E-state index contributed by atoms with van der Waals surface area (Å²) in [6, 6.07) is 14.7. The molecule has 1 aliphatic rings. The van der Waals surface area contributed by atoms with E-state index in [4.69, 9.17) is 16.3 Å². The summed E-state index contributed by atoms with van der Waals surface area (Å²) in [5.41, 5.74) is 1.37. The van der Waals surface area contributed by atoms with Crippen LogP contribution in [0.5, 0.6) is 0 Å². The second kappa shape index (κ2) is 4.37. The van der Waals surface area contributed by atoms with E-state index < -0.39 is 5.72 Å². The third-order valence-electron chi connectivity index (χ3n) is 3.40. The predicted octanol–water partition coefficient (Wildman–Crippen LogP) is 2.93. The molecular weight excluding hydrogens is 262 g/mol. The van der Waals surface area contributed by atoms with E-state index in [1.54, 1.807) is 25.3 Å². The molecule has 2 aromatic carbocycles. The Kier molecular flexibility index (Phi) is 2.81. The number of amides is 1. The van der Waals surface area contributed by atoms with Crippen LogP contribution in [0.3, 0.4) is 0 Å². The first-order chi connectivity index (χ1) is 9.17. The molecule has 1 unspecified atom stereocenters. The average Bonchev–Trinajstić information content (AvgIpc) is 2.74. The molecule has 1 atom stereocenters. The number of benzene rings is 2. The Morgan fingerprint density at radius 1 is 1.11 bits per heavy atom. The minimum atomic E-state index is -0.932. The molecule has 1 N–H and O–H groups in total. The van der Waals surface area contributed by atoms with Crippen molar-refractivity contribution < 1.29 is 9.53 Å². The van der Waals surface area contributed by atoms with Crippen molar-refractivity contribution in [2.75, 3.05) is 7.11 Å². The van der Waals surface area contributed by atoms with E-state index in [2.05, 4.69) is 5.32 Å². The molecule has 0 saturated heterocycles. The molecule has 3 nitrogen and oxygen atoms in total. The Morgan fingerprint density at radius 3 is 2.47 bits per heavy atom.